The number of benzene rings is 1. The first-order chi connectivity index (χ1) is 10.2. The maximum atomic E-state index is 12.3. The molecule has 1 amide bonds. The van der Waals surface area contributed by atoms with E-state index >= 15 is 0 Å². The van der Waals surface area contributed by atoms with Gasteiger partial charge in [-0.1, -0.05) is 0 Å². The van der Waals surface area contributed by atoms with Gasteiger partial charge in [-0.2, -0.15) is 4.72 Å². The summed E-state index contributed by atoms with van der Waals surface area (Å²) >= 11 is 0. The van der Waals surface area contributed by atoms with E-state index in [0.29, 0.717) is 11.5 Å². The van der Waals surface area contributed by atoms with Crippen LogP contribution in [0.1, 0.15) is 20.8 Å². The predicted octanol–water partition coefficient (Wildman–Crippen LogP) is 0.895. The van der Waals surface area contributed by atoms with Crippen molar-refractivity contribution in [3.05, 3.63) is 18.2 Å². The summed E-state index contributed by atoms with van der Waals surface area (Å²) in [4.78, 5) is 11.8. The van der Waals surface area contributed by atoms with E-state index in [9.17, 15) is 13.2 Å². The molecule has 0 fully saturated rings. The Morgan fingerprint density at radius 3 is 2.18 bits per heavy atom. The number of carbonyl (C=O) groups excluding carboxylic acids is 1. The normalized spacial score (nSPS) is 12.8. The van der Waals surface area contributed by atoms with E-state index < -0.39 is 16.1 Å². The molecule has 0 unspecified atom stereocenters. The Labute approximate surface area is 131 Å². The highest BCUT2D eigenvalue weighted by molar-refractivity contribution is 7.89. The molecule has 0 heterocycles. The number of sulfonamides is 1. The molecule has 8 heteroatoms. The first-order valence-electron chi connectivity index (χ1n) is 6.76. The lowest BCUT2D eigenvalue weighted by Gasteiger charge is -2.17. The average molecular weight is 330 g/mol. The monoisotopic (exact) mass is 330 g/mol. The number of carbonyl (C=O) groups is 1. The lowest BCUT2D eigenvalue weighted by atomic mass is 10.3. The SMILES string of the molecule is COc1ccc(S(=O)(=O)N[C@@H](C)C(=O)NC(C)C)cc1OC. The Bertz CT molecular complexity index is 628. The van der Waals surface area contributed by atoms with Crippen LogP contribution in [0, 0.1) is 0 Å². The fourth-order valence-electron chi connectivity index (χ4n) is 1.75. The molecule has 0 aromatic heterocycles. The second-order valence-electron chi connectivity index (χ2n) is 5.02. The molecule has 0 aliphatic rings. The average Bonchev–Trinajstić information content (AvgIpc) is 2.45. The molecule has 0 spiro atoms. The Hall–Kier alpha value is -1.80. The lowest BCUT2D eigenvalue weighted by molar-refractivity contribution is -0.122. The van der Waals surface area contributed by atoms with Crippen molar-refractivity contribution in [3.8, 4) is 11.5 Å². The van der Waals surface area contributed by atoms with Crippen molar-refractivity contribution in [2.45, 2.75) is 37.8 Å². The van der Waals surface area contributed by atoms with Crippen molar-refractivity contribution in [2.75, 3.05) is 14.2 Å². The summed E-state index contributed by atoms with van der Waals surface area (Å²) in [6.45, 7) is 5.08. The third-order valence-corrected chi connectivity index (χ3v) is 4.36. The zero-order valence-corrected chi connectivity index (χ0v) is 14.2. The summed E-state index contributed by atoms with van der Waals surface area (Å²) in [5.41, 5.74) is 0. The van der Waals surface area contributed by atoms with Crippen LogP contribution in [-0.4, -0.2) is 40.6 Å². The third kappa shape index (κ3) is 4.60. The number of hydrogen-bond acceptors (Lipinski definition) is 5. The Balaban J connectivity index is 2.97. The van der Waals surface area contributed by atoms with E-state index in [1.54, 1.807) is 13.8 Å². The van der Waals surface area contributed by atoms with E-state index in [4.69, 9.17) is 9.47 Å². The molecular formula is C14H22N2O5S. The van der Waals surface area contributed by atoms with E-state index in [0.717, 1.165) is 0 Å². The zero-order valence-electron chi connectivity index (χ0n) is 13.3. The third-order valence-electron chi connectivity index (χ3n) is 2.82. The molecule has 7 nitrogen and oxygen atoms in total. The van der Waals surface area contributed by atoms with Gasteiger partial charge in [-0.25, -0.2) is 8.42 Å². The van der Waals surface area contributed by atoms with Crippen LogP contribution in [0.4, 0.5) is 0 Å². The van der Waals surface area contributed by atoms with Gasteiger partial charge in [0.25, 0.3) is 0 Å². The quantitative estimate of drug-likeness (QED) is 0.774. The van der Waals surface area contributed by atoms with Gasteiger partial charge in [0, 0.05) is 12.1 Å². The summed E-state index contributed by atoms with van der Waals surface area (Å²) in [7, 11) is -0.966. The zero-order chi connectivity index (χ0) is 16.9. The molecule has 1 aromatic rings. The fourth-order valence-corrected chi connectivity index (χ4v) is 2.97. The van der Waals surface area contributed by atoms with E-state index in [-0.39, 0.29) is 16.8 Å². The Morgan fingerprint density at radius 2 is 1.68 bits per heavy atom. The molecule has 0 aliphatic heterocycles. The maximum Gasteiger partial charge on any atom is 0.241 e. The topological polar surface area (TPSA) is 93.7 Å². The molecule has 22 heavy (non-hydrogen) atoms. The Morgan fingerprint density at radius 1 is 1.09 bits per heavy atom. The summed E-state index contributed by atoms with van der Waals surface area (Å²) < 4.78 is 37.1. The van der Waals surface area contributed by atoms with Gasteiger partial charge in [-0.15, -0.1) is 0 Å². The van der Waals surface area contributed by atoms with E-state index in [1.165, 1.54) is 39.3 Å². The van der Waals surface area contributed by atoms with Crippen molar-refractivity contribution in [2.24, 2.45) is 0 Å². The number of nitrogens with one attached hydrogen (secondary N) is 2. The van der Waals surface area contributed by atoms with E-state index in [2.05, 4.69) is 10.0 Å². The molecule has 0 bridgehead atoms. The van der Waals surface area contributed by atoms with Gasteiger partial charge in [0.1, 0.15) is 0 Å². The second kappa shape index (κ2) is 7.46. The van der Waals surface area contributed by atoms with Gasteiger partial charge >= 0.3 is 0 Å². The highest BCUT2D eigenvalue weighted by Gasteiger charge is 2.23. The van der Waals surface area contributed by atoms with Gasteiger partial charge < -0.3 is 14.8 Å². The smallest absolute Gasteiger partial charge is 0.241 e. The second-order valence-corrected chi connectivity index (χ2v) is 6.74. The van der Waals surface area contributed by atoms with Crippen molar-refractivity contribution in [1.29, 1.82) is 0 Å². The van der Waals surface area contributed by atoms with Crippen LogP contribution in [0.5, 0.6) is 11.5 Å². The van der Waals surface area contributed by atoms with Gasteiger partial charge in [0.05, 0.1) is 25.2 Å². The predicted molar refractivity (Wildman–Crippen MR) is 82.6 cm³/mol. The molecule has 1 rings (SSSR count). The van der Waals surface area contributed by atoms with Gasteiger partial charge in [-0.05, 0) is 32.9 Å². The molecule has 0 aliphatic carbocycles. The highest BCUT2D eigenvalue weighted by atomic mass is 32.2. The molecule has 0 saturated carbocycles. The van der Waals surface area contributed by atoms with E-state index in [1.807, 2.05) is 0 Å². The fraction of sp³-hybridized carbons (Fsp3) is 0.500. The van der Waals surface area contributed by atoms with Gasteiger partial charge in [-0.3, -0.25) is 4.79 Å². The summed E-state index contributed by atoms with van der Waals surface area (Å²) in [6, 6.07) is 3.26. The molecule has 1 aromatic carbocycles. The van der Waals surface area contributed by atoms with Crippen LogP contribution >= 0.6 is 0 Å². The van der Waals surface area contributed by atoms with Crippen LogP contribution < -0.4 is 19.5 Å². The molecule has 2 N–H and O–H groups in total. The van der Waals surface area contributed by atoms with Crippen LogP contribution in [0.25, 0.3) is 0 Å². The van der Waals surface area contributed by atoms with Crippen molar-refractivity contribution in [1.82, 2.24) is 10.0 Å². The molecule has 1 atom stereocenters. The van der Waals surface area contributed by atoms with Crippen LogP contribution in [0.2, 0.25) is 0 Å². The minimum Gasteiger partial charge on any atom is -0.493 e. The van der Waals surface area contributed by atoms with Gasteiger partial charge in [0.2, 0.25) is 15.9 Å². The lowest BCUT2D eigenvalue weighted by Crippen LogP contribution is -2.46. The molecule has 0 radical (unpaired) electrons. The van der Waals surface area contributed by atoms with Crippen molar-refractivity contribution in [3.63, 3.8) is 0 Å². The summed E-state index contributed by atoms with van der Waals surface area (Å²) in [5.74, 6) is 0.329. The first-order valence-corrected chi connectivity index (χ1v) is 8.24. The van der Waals surface area contributed by atoms with Gasteiger partial charge in [0.15, 0.2) is 11.5 Å². The van der Waals surface area contributed by atoms with Crippen molar-refractivity contribution < 1.29 is 22.7 Å². The number of amides is 1. The molecular weight excluding hydrogens is 308 g/mol. The number of rotatable bonds is 7. The van der Waals surface area contributed by atoms with Crippen LogP contribution in [0.3, 0.4) is 0 Å². The number of hydrogen-bond donors (Lipinski definition) is 2. The molecule has 0 saturated heterocycles. The summed E-state index contributed by atoms with van der Waals surface area (Å²) in [6.07, 6.45) is 0. The maximum absolute atomic E-state index is 12.3. The standard InChI is InChI=1S/C14H22N2O5S/c1-9(2)15-14(17)10(3)16-22(18,19)11-6-7-12(20-4)13(8-11)21-5/h6-10,16H,1-5H3,(H,15,17)/t10-/m0/s1. The number of ether oxygens (including phenoxy) is 2. The number of methoxy groups -OCH3 is 2. The van der Waals surface area contributed by atoms with Crippen LogP contribution in [-0.2, 0) is 14.8 Å². The summed E-state index contributed by atoms with van der Waals surface area (Å²) in [5, 5.41) is 2.65. The highest BCUT2D eigenvalue weighted by Crippen LogP contribution is 2.29. The largest absolute Gasteiger partial charge is 0.493 e. The minimum atomic E-state index is -3.84. The minimum absolute atomic E-state index is 0.00523. The Kier molecular flexibility index (Phi) is 6.19. The first kappa shape index (κ1) is 18.2. The molecule has 124 valence electrons. The van der Waals surface area contributed by atoms with Crippen molar-refractivity contribution >= 4 is 15.9 Å². The van der Waals surface area contributed by atoms with Crippen LogP contribution in [0.15, 0.2) is 23.1 Å².